The third-order valence-electron chi connectivity index (χ3n) is 6.87. The summed E-state index contributed by atoms with van der Waals surface area (Å²) in [5, 5.41) is 10.1. The summed E-state index contributed by atoms with van der Waals surface area (Å²) in [5.74, 6) is -0.291. The molecule has 178 valence electrons. The van der Waals surface area contributed by atoms with Crippen molar-refractivity contribution in [2.45, 2.75) is 38.9 Å². The minimum Gasteiger partial charge on any atom is -0.399 e. The van der Waals surface area contributed by atoms with Crippen molar-refractivity contribution in [3.05, 3.63) is 90.2 Å². The van der Waals surface area contributed by atoms with Gasteiger partial charge in [-0.05, 0) is 45.3 Å². The van der Waals surface area contributed by atoms with Gasteiger partial charge < -0.3 is 9.31 Å². The average Bonchev–Trinajstić information content (AvgIpc) is 3.11. The van der Waals surface area contributed by atoms with Crippen molar-refractivity contribution >= 4 is 12.6 Å². The van der Waals surface area contributed by atoms with Crippen LogP contribution in [-0.2, 0) is 9.31 Å². The summed E-state index contributed by atoms with van der Waals surface area (Å²) in [6.07, 6.45) is 0. The summed E-state index contributed by atoms with van der Waals surface area (Å²) in [6.45, 7) is 7.89. The topological polar surface area (TPSA) is 68.0 Å². The molecule has 0 radical (unpaired) electrons. The SMILES string of the molecule is CC1(C)OB(c2ccc(F)c(-c3nc(-c4ccccc4)c(C#N)c(-c4ccccc4)n3)c2)OC1(C)C. The molecule has 0 N–H and O–H groups in total. The molecule has 5 rings (SSSR count). The molecule has 0 spiro atoms. The number of hydrogen-bond donors (Lipinski definition) is 0. The molecule has 3 aromatic carbocycles. The van der Waals surface area contributed by atoms with Crippen molar-refractivity contribution in [3.63, 3.8) is 0 Å². The second kappa shape index (κ2) is 8.98. The van der Waals surface area contributed by atoms with Gasteiger partial charge in [0.1, 0.15) is 17.4 Å². The zero-order valence-corrected chi connectivity index (χ0v) is 20.6. The van der Waals surface area contributed by atoms with Gasteiger partial charge in [0.05, 0.1) is 28.2 Å². The van der Waals surface area contributed by atoms with E-state index in [1.807, 2.05) is 88.4 Å². The Morgan fingerprint density at radius 1 is 0.778 bits per heavy atom. The average molecular weight is 477 g/mol. The molecule has 1 aromatic heterocycles. The largest absolute Gasteiger partial charge is 0.494 e. The maximum absolute atomic E-state index is 15.3. The van der Waals surface area contributed by atoms with Crippen LogP contribution in [0.25, 0.3) is 33.9 Å². The first-order chi connectivity index (χ1) is 17.2. The highest BCUT2D eigenvalue weighted by Gasteiger charge is 2.51. The molecule has 0 aliphatic carbocycles. The van der Waals surface area contributed by atoms with Gasteiger partial charge in [0, 0.05) is 11.1 Å². The summed E-state index contributed by atoms with van der Waals surface area (Å²) >= 11 is 0. The van der Waals surface area contributed by atoms with Gasteiger partial charge in [-0.25, -0.2) is 14.4 Å². The number of aromatic nitrogens is 2. The molecule has 1 aliphatic rings. The van der Waals surface area contributed by atoms with Crippen molar-refractivity contribution < 1.29 is 13.7 Å². The lowest BCUT2D eigenvalue weighted by Crippen LogP contribution is -2.41. The van der Waals surface area contributed by atoms with Crippen LogP contribution >= 0.6 is 0 Å². The third kappa shape index (κ3) is 4.19. The standard InChI is InChI=1S/C29H25BFN3O2/c1-28(2)29(3,4)36-30(35-28)21-15-16-24(31)22(17-21)27-33-25(19-11-7-5-8-12-19)23(18-32)26(34-27)20-13-9-6-10-14-20/h5-17H,1-4H3. The lowest BCUT2D eigenvalue weighted by molar-refractivity contribution is 0.00578. The van der Waals surface area contributed by atoms with E-state index in [1.54, 1.807) is 12.1 Å². The van der Waals surface area contributed by atoms with Gasteiger partial charge >= 0.3 is 7.12 Å². The summed E-state index contributed by atoms with van der Waals surface area (Å²) in [4.78, 5) is 9.40. The Morgan fingerprint density at radius 3 is 1.75 bits per heavy atom. The van der Waals surface area contributed by atoms with E-state index in [2.05, 4.69) is 6.07 Å². The molecular formula is C29H25BFN3O2. The van der Waals surface area contributed by atoms with Crippen molar-refractivity contribution in [1.82, 2.24) is 9.97 Å². The Bertz CT molecular complexity index is 1390. The van der Waals surface area contributed by atoms with E-state index in [0.717, 1.165) is 11.1 Å². The number of halogens is 1. The molecule has 7 heteroatoms. The van der Waals surface area contributed by atoms with Gasteiger partial charge in [-0.2, -0.15) is 5.26 Å². The monoisotopic (exact) mass is 477 g/mol. The zero-order chi connectivity index (χ0) is 25.5. The number of nitrogens with zero attached hydrogens (tertiary/aromatic N) is 3. The first-order valence-electron chi connectivity index (χ1n) is 11.8. The van der Waals surface area contributed by atoms with Crippen LogP contribution in [0.15, 0.2) is 78.9 Å². The van der Waals surface area contributed by atoms with E-state index in [9.17, 15) is 5.26 Å². The van der Waals surface area contributed by atoms with Crippen LogP contribution in [0, 0.1) is 17.1 Å². The second-order valence-corrected chi connectivity index (χ2v) is 9.79. The van der Waals surface area contributed by atoms with Crippen LogP contribution in [0.5, 0.6) is 0 Å². The lowest BCUT2D eigenvalue weighted by atomic mass is 9.78. The van der Waals surface area contributed by atoms with Crippen molar-refractivity contribution in [2.75, 3.05) is 0 Å². The van der Waals surface area contributed by atoms with E-state index < -0.39 is 24.1 Å². The molecule has 0 unspecified atom stereocenters. The Kier molecular flexibility index (Phi) is 5.95. The van der Waals surface area contributed by atoms with Crippen LogP contribution < -0.4 is 5.46 Å². The minimum atomic E-state index is -0.657. The summed E-state index contributed by atoms with van der Waals surface area (Å²) in [6, 6.07) is 25.7. The van der Waals surface area contributed by atoms with Gasteiger partial charge in [0.25, 0.3) is 0 Å². The Morgan fingerprint density at radius 2 is 1.28 bits per heavy atom. The molecule has 1 saturated heterocycles. The van der Waals surface area contributed by atoms with E-state index in [0.29, 0.717) is 22.4 Å². The Labute approximate surface area is 210 Å². The molecule has 36 heavy (non-hydrogen) atoms. The van der Waals surface area contributed by atoms with E-state index in [-0.39, 0.29) is 11.4 Å². The van der Waals surface area contributed by atoms with Crippen LogP contribution in [-0.4, -0.2) is 28.3 Å². The number of rotatable bonds is 4. The van der Waals surface area contributed by atoms with Crippen molar-refractivity contribution in [3.8, 4) is 40.0 Å². The second-order valence-electron chi connectivity index (χ2n) is 9.79. The number of benzene rings is 3. The van der Waals surface area contributed by atoms with E-state index >= 15 is 4.39 Å². The highest BCUT2D eigenvalue weighted by Crippen LogP contribution is 2.37. The molecule has 4 aromatic rings. The Balaban J connectivity index is 1.70. The highest BCUT2D eigenvalue weighted by atomic mass is 19.1. The number of hydrogen-bond acceptors (Lipinski definition) is 5. The van der Waals surface area contributed by atoms with Crippen molar-refractivity contribution in [2.24, 2.45) is 0 Å². The molecule has 0 amide bonds. The number of nitriles is 1. The van der Waals surface area contributed by atoms with Crippen LogP contribution in [0.1, 0.15) is 33.3 Å². The fourth-order valence-electron chi connectivity index (χ4n) is 4.14. The van der Waals surface area contributed by atoms with Gasteiger partial charge in [-0.1, -0.05) is 66.7 Å². The molecular weight excluding hydrogens is 452 g/mol. The lowest BCUT2D eigenvalue weighted by Gasteiger charge is -2.32. The van der Waals surface area contributed by atoms with Gasteiger partial charge in [-0.3, -0.25) is 0 Å². The first kappa shape index (κ1) is 23.9. The van der Waals surface area contributed by atoms with Crippen LogP contribution in [0.4, 0.5) is 4.39 Å². The van der Waals surface area contributed by atoms with E-state index in [4.69, 9.17) is 19.3 Å². The minimum absolute atomic E-state index is 0.183. The quantitative estimate of drug-likeness (QED) is 0.348. The molecule has 0 atom stereocenters. The van der Waals surface area contributed by atoms with E-state index in [1.165, 1.54) is 6.07 Å². The predicted octanol–water partition coefficient (Wildman–Crippen LogP) is 5.79. The molecule has 1 aliphatic heterocycles. The smallest absolute Gasteiger partial charge is 0.399 e. The zero-order valence-electron chi connectivity index (χ0n) is 20.6. The molecule has 2 heterocycles. The fourth-order valence-corrected chi connectivity index (χ4v) is 4.14. The fraction of sp³-hybridized carbons (Fsp3) is 0.207. The molecule has 0 saturated carbocycles. The molecule has 1 fully saturated rings. The maximum Gasteiger partial charge on any atom is 0.494 e. The van der Waals surface area contributed by atoms with Gasteiger partial charge in [0.15, 0.2) is 5.82 Å². The molecule has 5 nitrogen and oxygen atoms in total. The van der Waals surface area contributed by atoms with Crippen LogP contribution in [0.3, 0.4) is 0 Å². The summed E-state index contributed by atoms with van der Waals surface area (Å²) < 4.78 is 27.6. The first-order valence-corrected chi connectivity index (χ1v) is 11.8. The van der Waals surface area contributed by atoms with Crippen molar-refractivity contribution in [1.29, 1.82) is 5.26 Å². The Hall–Kier alpha value is -3.86. The summed E-state index contributed by atoms with van der Waals surface area (Å²) in [7, 11) is -0.657. The normalized spacial score (nSPS) is 16.1. The highest BCUT2D eigenvalue weighted by molar-refractivity contribution is 6.62. The van der Waals surface area contributed by atoms with Crippen LogP contribution in [0.2, 0.25) is 0 Å². The summed E-state index contributed by atoms with van der Waals surface area (Å²) in [5.41, 5.74) is 2.54. The third-order valence-corrected chi connectivity index (χ3v) is 6.87. The van der Waals surface area contributed by atoms with Gasteiger partial charge in [0.2, 0.25) is 0 Å². The predicted molar refractivity (Wildman–Crippen MR) is 139 cm³/mol. The van der Waals surface area contributed by atoms with Gasteiger partial charge in [-0.15, -0.1) is 0 Å². The molecule has 0 bridgehead atoms. The maximum atomic E-state index is 15.3.